The van der Waals surface area contributed by atoms with Crippen molar-refractivity contribution >= 4 is 17.6 Å². The van der Waals surface area contributed by atoms with Crippen molar-refractivity contribution in [2.75, 3.05) is 5.32 Å². The van der Waals surface area contributed by atoms with Crippen molar-refractivity contribution in [2.24, 2.45) is 0 Å². The molecular weight excluding hydrogens is 210 g/mol. The van der Waals surface area contributed by atoms with Gasteiger partial charge in [0.2, 0.25) is 5.91 Å². The standard InChI is InChI=1S/C11H13NO4/c1-7(11(14)15)16-10-5-3-9(4-6-10)12-8(2)13/h3-7H,1-2H3,(H,12,13)(H,14,15)/t7-/m0/s1. The highest BCUT2D eigenvalue weighted by Crippen LogP contribution is 2.16. The first-order valence-corrected chi connectivity index (χ1v) is 4.76. The van der Waals surface area contributed by atoms with Crippen LogP contribution in [0.2, 0.25) is 0 Å². The zero-order chi connectivity index (χ0) is 12.1. The van der Waals surface area contributed by atoms with E-state index < -0.39 is 12.1 Å². The van der Waals surface area contributed by atoms with Gasteiger partial charge in [-0.3, -0.25) is 4.79 Å². The molecule has 1 aromatic carbocycles. The molecule has 1 rings (SSSR count). The Hall–Kier alpha value is -2.04. The number of rotatable bonds is 4. The summed E-state index contributed by atoms with van der Waals surface area (Å²) in [5, 5.41) is 11.2. The number of carboxylic acids is 1. The van der Waals surface area contributed by atoms with Crippen LogP contribution in [-0.4, -0.2) is 23.1 Å². The lowest BCUT2D eigenvalue weighted by atomic mass is 10.3. The first-order valence-electron chi connectivity index (χ1n) is 4.76. The number of carbonyl (C=O) groups excluding carboxylic acids is 1. The Bertz CT molecular complexity index is 385. The van der Waals surface area contributed by atoms with E-state index in [1.807, 2.05) is 0 Å². The lowest BCUT2D eigenvalue weighted by Gasteiger charge is -2.10. The van der Waals surface area contributed by atoms with E-state index in [4.69, 9.17) is 9.84 Å². The van der Waals surface area contributed by atoms with Crippen LogP contribution >= 0.6 is 0 Å². The van der Waals surface area contributed by atoms with Gasteiger partial charge in [-0.05, 0) is 31.2 Å². The molecule has 1 atom stereocenters. The zero-order valence-corrected chi connectivity index (χ0v) is 9.06. The Balaban J connectivity index is 2.64. The molecule has 5 heteroatoms. The molecule has 0 aliphatic carbocycles. The fourth-order valence-corrected chi connectivity index (χ4v) is 1.07. The average molecular weight is 223 g/mol. The van der Waals surface area contributed by atoms with Crippen molar-refractivity contribution < 1.29 is 19.4 Å². The molecule has 0 aromatic heterocycles. The molecule has 0 unspecified atom stereocenters. The first kappa shape index (κ1) is 12.0. The van der Waals surface area contributed by atoms with Crippen molar-refractivity contribution in [3.63, 3.8) is 0 Å². The van der Waals surface area contributed by atoms with Crippen LogP contribution < -0.4 is 10.1 Å². The number of aliphatic carboxylic acids is 1. The summed E-state index contributed by atoms with van der Waals surface area (Å²) in [5.41, 5.74) is 0.642. The Morgan fingerprint density at radius 1 is 1.31 bits per heavy atom. The summed E-state index contributed by atoms with van der Waals surface area (Å²) in [5.74, 6) is -0.734. The molecule has 0 radical (unpaired) electrons. The molecule has 86 valence electrons. The lowest BCUT2D eigenvalue weighted by molar-refractivity contribution is -0.144. The summed E-state index contributed by atoms with van der Waals surface area (Å²) < 4.78 is 5.12. The minimum absolute atomic E-state index is 0.160. The monoisotopic (exact) mass is 223 g/mol. The molecule has 0 bridgehead atoms. The van der Waals surface area contributed by atoms with Crippen LogP contribution in [-0.2, 0) is 9.59 Å². The highest BCUT2D eigenvalue weighted by atomic mass is 16.5. The molecule has 5 nitrogen and oxygen atoms in total. The summed E-state index contributed by atoms with van der Waals surface area (Å²) in [7, 11) is 0. The van der Waals surface area contributed by atoms with Crippen molar-refractivity contribution in [3.8, 4) is 5.75 Å². The Morgan fingerprint density at radius 3 is 2.31 bits per heavy atom. The number of amides is 1. The number of nitrogens with one attached hydrogen (secondary N) is 1. The second-order valence-corrected chi connectivity index (χ2v) is 3.30. The normalized spacial score (nSPS) is 11.6. The molecule has 1 aromatic rings. The van der Waals surface area contributed by atoms with Crippen LogP contribution in [0.3, 0.4) is 0 Å². The predicted molar refractivity (Wildman–Crippen MR) is 58.5 cm³/mol. The molecular formula is C11H13NO4. The Labute approximate surface area is 93.0 Å². The van der Waals surface area contributed by atoms with Crippen LogP contribution in [0.5, 0.6) is 5.75 Å². The van der Waals surface area contributed by atoms with Crippen LogP contribution in [0.15, 0.2) is 24.3 Å². The fraction of sp³-hybridized carbons (Fsp3) is 0.273. The molecule has 0 saturated heterocycles. The fourth-order valence-electron chi connectivity index (χ4n) is 1.07. The maximum atomic E-state index is 10.7. The number of benzene rings is 1. The Kier molecular flexibility index (Phi) is 3.88. The van der Waals surface area contributed by atoms with E-state index in [1.165, 1.54) is 13.8 Å². The summed E-state index contributed by atoms with van der Waals surface area (Å²) >= 11 is 0. The Morgan fingerprint density at radius 2 is 1.88 bits per heavy atom. The van der Waals surface area contributed by atoms with Gasteiger partial charge in [0.15, 0.2) is 6.10 Å². The van der Waals surface area contributed by atoms with Gasteiger partial charge in [-0.2, -0.15) is 0 Å². The highest BCUT2D eigenvalue weighted by molar-refractivity contribution is 5.88. The van der Waals surface area contributed by atoms with E-state index in [0.717, 1.165) is 0 Å². The van der Waals surface area contributed by atoms with Gasteiger partial charge in [0.1, 0.15) is 5.75 Å². The number of hydrogen-bond acceptors (Lipinski definition) is 3. The van der Waals surface area contributed by atoms with Crippen LogP contribution in [0.1, 0.15) is 13.8 Å². The van der Waals surface area contributed by atoms with Gasteiger partial charge in [-0.15, -0.1) is 0 Å². The van der Waals surface area contributed by atoms with E-state index >= 15 is 0 Å². The maximum absolute atomic E-state index is 10.7. The second kappa shape index (κ2) is 5.16. The molecule has 0 fully saturated rings. The summed E-state index contributed by atoms with van der Waals surface area (Å²) in [4.78, 5) is 21.3. The van der Waals surface area contributed by atoms with Gasteiger partial charge < -0.3 is 15.2 Å². The summed E-state index contributed by atoms with van der Waals surface area (Å²) in [6.07, 6.45) is -0.897. The molecule has 2 N–H and O–H groups in total. The third-order valence-corrected chi connectivity index (χ3v) is 1.84. The predicted octanol–water partition coefficient (Wildman–Crippen LogP) is 1.50. The molecule has 0 saturated carbocycles. The average Bonchev–Trinajstić information content (AvgIpc) is 2.20. The number of ether oxygens (including phenoxy) is 1. The van der Waals surface area contributed by atoms with Crippen molar-refractivity contribution in [3.05, 3.63) is 24.3 Å². The number of carboxylic acid groups (broad SMARTS) is 1. The maximum Gasteiger partial charge on any atom is 0.344 e. The number of hydrogen-bond donors (Lipinski definition) is 2. The third kappa shape index (κ3) is 3.61. The van der Waals surface area contributed by atoms with E-state index in [1.54, 1.807) is 24.3 Å². The topological polar surface area (TPSA) is 75.6 Å². The van der Waals surface area contributed by atoms with Crippen LogP contribution in [0.4, 0.5) is 5.69 Å². The summed E-state index contributed by atoms with van der Waals surface area (Å²) in [6, 6.07) is 6.49. The van der Waals surface area contributed by atoms with Crippen LogP contribution in [0.25, 0.3) is 0 Å². The molecule has 0 aliphatic heterocycles. The van der Waals surface area contributed by atoms with Crippen LogP contribution in [0, 0.1) is 0 Å². The minimum atomic E-state index is -1.02. The van der Waals surface area contributed by atoms with Crippen molar-refractivity contribution in [2.45, 2.75) is 20.0 Å². The minimum Gasteiger partial charge on any atom is -0.479 e. The number of carbonyl (C=O) groups is 2. The van der Waals surface area contributed by atoms with E-state index in [2.05, 4.69) is 5.32 Å². The largest absolute Gasteiger partial charge is 0.479 e. The van der Waals surface area contributed by atoms with Gasteiger partial charge >= 0.3 is 5.97 Å². The molecule has 0 aliphatic rings. The van der Waals surface area contributed by atoms with Crippen molar-refractivity contribution in [1.29, 1.82) is 0 Å². The molecule has 0 heterocycles. The van der Waals surface area contributed by atoms with Gasteiger partial charge in [0.25, 0.3) is 0 Å². The smallest absolute Gasteiger partial charge is 0.344 e. The van der Waals surface area contributed by atoms with E-state index in [9.17, 15) is 9.59 Å². The molecule has 16 heavy (non-hydrogen) atoms. The van der Waals surface area contributed by atoms with Crippen molar-refractivity contribution in [1.82, 2.24) is 0 Å². The lowest BCUT2D eigenvalue weighted by Crippen LogP contribution is -2.22. The second-order valence-electron chi connectivity index (χ2n) is 3.30. The molecule has 0 spiro atoms. The quantitative estimate of drug-likeness (QED) is 0.811. The zero-order valence-electron chi connectivity index (χ0n) is 9.06. The summed E-state index contributed by atoms with van der Waals surface area (Å²) in [6.45, 7) is 2.86. The van der Waals surface area contributed by atoms with E-state index in [0.29, 0.717) is 11.4 Å². The third-order valence-electron chi connectivity index (χ3n) is 1.84. The van der Waals surface area contributed by atoms with Gasteiger partial charge in [0, 0.05) is 12.6 Å². The van der Waals surface area contributed by atoms with Gasteiger partial charge in [-0.25, -0.2) is 4.79 Å². The van der Waals surface area contributed by atoms with Gasteiger partial charge in [-0.1, -0.05) is 0 Å². The van der Waals surface area contributed by atoms with Gasteiger partial charge in [0.05, 0.1) is 0 Å². The molecule has 1 amide bonds. The SMILES string of the molecule is CC(=O)Nc1ccc(O[C@@H](C)C(=O)O)cc1. The number of anilines is 1. The highest BCUT2D eigenvalue weighted by Gasteiger charge is 2.11. The van der Waals surface area contributed by atoms with E-state index in [-0.39, 0.29) is 5.91 Å². The first-order chi connectivity index (χ1) is 7.49.